The number of hydrogen-bond donors (Lipinski definition) is 0. The fourth-order valence-electron chi connectivity index (χ4n) is 1.67. The summed E-state index contributed by atoms with van der Waals surface area (Å²) in [5.74, 6) is 0. The predicted molar refractivity (Wildman–Crippen MR) is 63.5 cm³/mol. The van der Waals surface area contributed by atoms with Crippen molar-refractivity contribution in [2.75, 3.05) is 0 Å². The zero-order valence-corrected chi connectivity index (χ0v) is 9.98. The summed E-state index contributed by atoms with van der Waals surface area (Å²) in [6.07, 6.45) is 3.24. The highest BCUT2D eigenvalue weighted by molar-refractivity contribution is 5.76. The third-order valence-electron chi connectivity index (χ3n) is 2.59. The number of hydrogen-bond acceptors (Lipinski definition) is 3. The Morgan fingerprint density at radius 1 is 1.25 bits per heavy atom. The van der Waals surface area contributed by atoms with Crippen LogP contribution in [0.15, 0.2) is 23.4 Å². The third-order valence-corrected chi connectivity index (χ3v) is 2.59. The first-order valence-electron chi connectivity index (χ1n) is 5.25. The maximum Gasteiger partial charge on any atom is 0.263 e. The largest absolute Gasteiger partial charge is 0.293 e. The molecule has 4 nitrogen and oxygen atoms in total. The number of aryl methyl sites for hydroxylation is 1. The highest BCUT2D eigenvalue weighted by atomic mass is 16.1. The van der Waals surface area contributed by atoms with Gasteiger partial charge in [-0.25, -0.2) is 9.97 Å². The molecule has 0 bridgehead atoms. The number of aromatic nitrogens is 3. The van der Waals surface area contributed by atoms with Crippen molar-refractivity contribution in [3.05, 3.63) is 34.5 Å². The zero-order chi connectivity index (χ0) is 11.9. The van der Waals surface area contributed by atoms with E-state index in [0.717, 1.165) is 5.56 Å². The summed E-state index contributed by atoms with van der Waals surface area (Å²) in [4.78, 5) is 20.6. The van der Waals surface area contributed by atoms with E-state index in [9.17, 15) is 4.79 Å². The number of pyridine rings is 1. The molecule has 0 spiro atoms. The first-order chi connectivity index (χ1) is 7.41. The van der Waals surface area contributed by atoms with Gasteiger partial charge < -0.3 is 0 Å². The fraction of sp³-hybridized carbons (Fsp3) is 0.417. The molecule has 4 heteroatoms. The maximum absolute atomic E-state index is 12.3. The molecular formula is C12H15N3O. The lowest BCUT2D eigenvalue weighted by molar-refractivity contribution is 0.381. The van der Waals surface area contributed by atoms with Crippen molar-refractivity contribution in [2.45, 2.75) is 33.2 Å². The number of nitrogens with zero attached hydrogens (tertiary/aromatic N) is 3. The van der Waals surface area contributed by atoms with Crippen molar-refractivity contribution >= 4 is 11.0 Å². The Kier molecular flexibility index (Phi) is 2.30. The summed E-state index contributed by atoms with van der Waals surface area (Å²) >= 11 is 0. The molecule has 84 valence electrons. The van der Waals surface area contributed by atoms with Gasteiger partial charge in [0.15, 0.2) is 5.65 Å². The normalized spacial score (nSPS) is 12.0. The molecule has 0 saturated heterocycles. The number of rotatable bonds is 0. The van der Waals surface area contributed by atoms with Gasteiger partial charge in [0.05, 0.1) is 5.39 Å². The van der Waals surface area contributed by atoms with Crippen LogP contribution in [0.2, 0.25) is 0 Å². The molecule has 16 heavy (non-hydrogen) atoms. The van der Waals surface area contributed by atoms with E-state index in [0.29, 0.717) is 11.0 Å². The molecule has 0 fully saturated rings. The maximum atomic E-state index is 12.3. The average Bonchev–Trinajstić information content (AvgIpc) is 2.16. The summed E-state index contributed by atoms with van der Waals surface area (Å²) in [6, 6.07) is 1.83. The Morgan fingerprint density at radius 3 is 2.56 bits per heavy atom. The van der Waals surface area contributed by atoms with Crippen molar-refractivity contribution in [3.8, 4) is 0 Å². The smallest absolute Gasteiger partial charge is 0.263 e. The van der Waals surface area contributed by atoms with Crippen LogP contribution in [0.1, 0.15) is 26.3 Å². The minimum absolute atomic E-state index is 0.0249. The lowest BCUT2D eigenvalue weighted by Gasteiger charge is -2.21. The van der Waals surface area contributed by atoms with Gasteiger partial charge >= 0.3 is 0 Å². The zero-order valence-electron chi connectivity index (χ0n) is 9.98. The van der Waals surface area contributed by atoms with E-state index in [1.54, 1.807) is 17.1 Å². The Hall–Kier alpha value is -1.71. The second kappa shape index (κ2) is 3.40. The van der Waals surface area contributed by atoms with Crippen molar-refractivity contribution in [3.63, 3.8) is 0 Å². The predicted octanol–water partition coefficient (Wildman–Crippen LogP) is 1.85. The van der Waals surface area contributed by atoms with Crippen molar-refractivity contribution in [2.24, 2.45) is 0 Å². The molecule has 0 unspecified atom stereocenters. The van der Waals surface area contributed by atoms with Crippen LogP contribution in [0.4, 0.5) is 0 Å². The lowest BCUT2D eigenvalue weighted by Crippen LogP contribution is -2.34. The summed E-state index contributed by atoms with van der Waals surface area (Å²) in [7, 11) is 0. The van der Waals surface area contributed by atoms with Crippen LogP contribution < -0.4 is 5.56 Å². The monoisotopic (exact) mass is 217 g/mol. The Balaban J connectivity index is 2.90. The van der Waals surface area contributed by atoms with E-state index < -0.39 is 0 Å². The Morgan fingerprint density at radius 2 is 1.94 bits per heavy atom. The van der Waals surface area contributed by atoms with E-state index in [-0.39, 0.29) is 11.1 Å². The first-order valence-corrected chi connectivity index (χ1v) is 5.25. The molecule has 2 aromatic rings. The summed E-state index contributed by atoms with van der Waals surface area (Å²) in [6.45, 7) is 7.84. The van der Waals surface area contributed by atoms with Gasteiger partial charge in [0, 0.05) is 11.7 Å². The van der Waals surface area contributed by atoms with Crippen molar-refractivity contribution in [1.82, 2.24) is 14.5 Å². The molecule has 0 aliphatic heterocycles. The Bertz CT molecular complexity index is 593. The highest BCUT2D eigenvalue weighted by Crippen LogP contribution is 2.13. The van der Waals surface area contributed by atoms with E-state index in [1.165, 1.54) is 0 Å². The van der Waals surface area contributed by atoms with Crippen molar-refractivity contribution in [1.29, 1.82) is 0 Å². The summed E-state index contributed by atoms with van der Waals surface area (Å²) < 4.78 is 1.64. The second-order valence-electron chi connectivity index (χ2n) is 4.92. The summed E-state index contributed by atoms with van der Waals surface area (Å²) in [5.41, 5.74) is 1.15. The van der Waals surface area contributed by atoms with E-state index in [1.807, 2.05) is 33.8 Å². The van der Waals surface area contributed by atoms with E-state index >= 15 is 0 Å². The van der Waals surface area contributed by atoms with Crippen LogP contribution in [-0.4, -0.2) is 14.5 Å². The molecular weight excluding hydrogens is 202 g/mol. The van der Waals surface area contributed by atoms with Crippen LogP contribution in [0.5, 0.6) is 0 Å². The van der Waals surface area contributed by atoms with Crippen LogP contribution in [0.25, 0.3) is 11.0 Å². The van der Waals surface area contributed by atoms with Gasteiger partial charge in [-0.3, -0.25) is 9.36 Å². The van der Waals surface area contributed by atoms with E-state index in [2.05, 4.69) is 9.97 Å². The van der Waals surface area contributed by atoms with Gasteiger partial charge in [-0.05, 0) is 39.3 Å². The van der Waals surface area contributed by atoms with Crippen LogP contribution >= 0.6 is 0 Å². The second-order valence-corrected chi connectivity index (χ2v) is 4.92. The molecule has 2 rings (SSSR count). The molecule has 0 radical (unpaired) electrons. The molecule has 2 aromatic heterocycles. The third kappa shape index (κ3) is 1.60. The van der Waals surface area contributed by atoms with Crippen molar-refractivity contribution < 1.29 is 0 Å². The van der Waals surface area contributed by atoms with Gasteiger partial charge in [0.2, 0.25) is 0 Å². The molecule has 0 aliphatic rings. The lowest BCUT2D eigenvalue weighted by atomic mass is 10.1. The Labute approximate surface area is 94.0 Å². The SMILES string of the molecule is Cc1ccnc2ncn(C(C)(C)C)c(=O)c12. The molecule has 0 aromatic carbocycles. The van der Waals surface area contributed by atoms with Gasteiger partial charge in [-0.15, -0.1) is 0 Å². The van der Waals surface area contributed by atoms with E-state index in [4.69, 9.17) is 0 Å². The fourth-order valence-corrected chi connectivity index (χ4v) is 1.67. The topological polar surface area (TPSA) is 47.8 Å². The van der Waals surface area contributed by atoms with Gasteiger partial charge in [0.25, 0.3) is 5.56 Å². The summed E-state index contributed by atoms with van der Waals surface area (Å²) in [5, 5.41) is 0.611. The molecule has 0 atom stereocenters. The van der Waals surface area contributed by atoms with Crippen LogP contribution in [0, 0.1) is 6.92 Å². The van der Waals surface area contributed by atoms with Crippen LogP contribution in [0.3, 0.4) is 0 Å². The van der Waals surface area contributed by atoms with Gasteiger partial charge in [-0.2, -0.15) is 0 Å². The molecule has 0 N–H and O–H groups in total. The standard InChI is InChI=1S/C12H15N3O/c1-8-5-6-13-10-9(8)11(16)15(7-14-10)12(2,3)4/h5-7H,1-4H3. The van der Waals surface area contributed by atoms with Crippen LogP contribution in [-0.2, 0) is 5.54 Å². The average molecular weight is 217 g/mol. The number of fused-ring (bicyclic) bond motifs is 1. The molecule has 0 amide bonds. The minimum atomic E-state index is -0.263. The molecule has 0 saturated carbocycles. The quantitative estimate of drug-likeness (QED) is 0.676. The van der Waals surface area contributed by atoms with Gasteiger partial charge in [0.1, 0.15) is 6.33 Å². The first kappa shape index (κ1) is 10.8. The van der Waals surface area contributed by atoms with Gasteiger partial charge in [-0.1, -0.05) is 0 Å². The molecule has 0 aliphatic carbocycles. The minimum Gasteiger partial charge on any atom is -0.293 e. The highest BCUT2D eigenvalue weighted by Gasteiger charge is 2.17. The molecule has 2 heterocycles.